The lowest BCUT2D eigenvalue weighted by Gasteiger charge is -2.26. The number of hydrogen-bond acceptors (Lipinski definition) is 3. The Morgan fingerprint density at radius 2 is 2.50 bits per heavy atom. The number of pyridine rings is 1. The summed E-state index contributed by atoms with van der Waals surface area (Å²) in [5, 5.41) is 0. The maximum atomic E-state index is 5.73. The molecule has 0 saturated carbocycles. The van der Waals surface area contributed by atoms with Crippen LogP contribution in [0.2, 0.25) is 0 Å². The highest BCUT2D eigenvalue weighted by atomic mass is 32.1. The fraction of sp³-hybridized carbons (Fsp3) is 0.500. The molecule has 0 aliphatic carbocycles. The minimum absolute atomic E-state index is 0.435. The van der Waals surface area contributed by atoms with Crippen molar-refractivity contribution >= 4 is 23.0 Å². The van der Waals surface area contributed by atoms with Gasteiger partial charge in [-0.2, -0.15) is 0 Å². The Hall–Kier alpha value is -1.16. The van der Waals surface area contributed by atoms with Gasteiger partial charge in [-0.25, -0.2) is 4.98 Å². The first-order chi connectivity index (χ1) is 7.74. The molecule has 3 nitrogen and oxygen atoms in total. The van der Waals surface area contributed by atoms with Crippen LogP contribution < -0.4 is 10.6 Å². The average Bonchev–Trinajstić information content (AvgIpc) is 2.76. The molecule has 1 aromatic rings. The summed E-state index contributed by atoms with van der Waals surface area (Å²) >= 11 is 5.07. The van der Waals surface area contributed by atoms with Gasteiger partial charge >= 0.3 is 0 Å². The molecule has 0 bridgehead atoms. The van der Waals surface area contributed by atoms with Gasteiger partial charge in [0.1, 0.15) is 10.8 Å². The van der Waals surface area contributed by atoms with Crippen molar-refractivity contribution in [2.45, 2.75) is 32.2 Å². The number of thiocarbonyl (C=S) groups is 1. The van der Waals surface area contributed by atoms with Crippen molar-refractivity contribution in [2.24, 2.45) is 5.73 Å². The lowest BCUT2D eigenvalue weighted by Crippen LogP contribution is -2.31. The van der Waals surface area contributed by atoms with Crippen LogP contribution in [0.15, 0.2) is 18.3 Å². The zero-order valence-corrected chi connectivity index (χ0v) is 10.3. The van der Waals surface area contributed by atoms with Gasteiger partial charge in [0.05, 0.1) is 5.56 Å². The second-order valence-electron chi connectivity index (χ2n) is 4.14. The Morgan fingerprint density at radius 1 is 1.69 bits per heavy atom. The molecule has 1 aliphatic heterocycles. The molecule has 1 aromatic heterocycles. The summed E-state index contributed by atoms with van der Waals surface area (Å²) in [6.07, 6.45) is 5.42. The molecule has 1 unspecified atom stereocenters. The molecule has 1 aliphatic rings. The molecule has 4 heteroatoms. The number of nitrogens with zero attached hydrogens (tertiary/aromatic N) is 2. The molecule has 1 atom stereocenters. The molecule has 2 N–H and O–H groups in total. The molecular weight excluding hydrogens is 218 g/mol. The predicted molar refractivity (Wildman–Crippen MR) is 70.8 cm³/mol. The third-order valence-corrected chi connectivity index (χ3v) is 3.39. The highest BCUT2D eigenvalue weighted by molar-refractivity contribution is 7.80. The molecule has 2 heterocycles. The van der Waals surface area contributed by atoms with Crippen LogP contribution in [-0.4, -0.2) is 22.6 Å². The van der Waals surface area contributed by atoms with Crippen molar-refractivity contribution in [3.05, 3.63) is 23.9 Å². The number of nitrogens with two attached hydrogens (primary N) is 1. The van der Waals surface area contributed by atoms with E-state index in [2.05, 4.69) is 16.8 Å². The normalized spacial score (nSPS) is 20.1. The van der Waals surface area contributed by atoms with Crippen molar-refractivity contribution in [1.29, 1.82) is 0 Å². The van der Waals surface area contributed by atoms with Crippen molar-refractivity contribution in [2.75, 3.05) is 11.4 Å². The summed E-state index contributed by atoms with van der Waals surface area (Å²) in [5.74, 6) is 0.958. The van der Waals surface area contributed by atoms with E-state index in [1.807, 2.05) is 18.3 Å². The largest absolute Gasteiger partial charge is 0.389 e. The fourth-order valence-corrected chi connectivity index (χ4v) is 2.52. The first-order valence-corrected chi connectivity index (χ1v) is 6.16. The zero-order valence-electron chi connectivity index (χ0n) is 9.52. The lowest BCUT2D eigenvalue weighted by molar-refractivity contribution is 0.640. The van der Waals surface area contributed by atoms with Crippen LogP contribution in [0.1, 0.15) is 31.7 Å². The molecule has 1 fully saturated rings. The van der Waals surface area contributed by atoms with Gasteiger partial charge in [0.15, 0.2) is 0 Å². The van der Waals surface area contributed by atoms with E-state index in [0.29, 0.717) is 11.0 Å². The third-order valence-electron chi connectivity index (χ3n) is 3.17. The van der Waals surface area contributed by atoms with Crippen LogP contribution in [0.3, 0.4) is 0 Å². The van der Waals surface area contributed by atoms with Gasteiger partial charge in [-0.05, 0) is 31.4 Å². The molecule has 2 rings (SSSR count). The van der Waals surface area contributed by atoms with E-state index in [1.165, 1.54) is 12.8 Å². The van der Waals surface area contributed by atoms with Gasteiger partial charge in [-0.3, -0.25) is 0 Å². The standard InChI is InChI=1S/C12H17N3S/c1-2-9-5-4-8-15(9)12-10(11(13)16)6-3-7-14-12/h3,6-7,9H,2,4-5,8H2,1H3,(H2,13,16). The van der Waals surface area contributed by atoms with Gasteiger partial charge < -0.3 is 10.6 Å². The van der Waals surface area contributed by atoms with E-state index in [-0.39, 0.29) is 0 Å². The summed E-state index contributed by atoms with van der Waals surface area (Å²) in [6, 6.07) is 4.42. The van der Waals surface area contributed by atoms with Gasteiger partial charge in [0, 0.05) is 18.8 Å². The second kappa shape index (κ2) is 4.78. The van der Waals surface area contributed by atoms with E-state index in [0.717, 1.165) is 24.3 Å². The fourth-order valence-electron chi connectivity index (χ4n) is 2.36. The first-order valence-electron chi connectivity index (χ1n) is 5.75. The molecule has 0 radical (unpaired) electrons. The quantitative estimate of drug-likeness (QED) is 0.815. The van der Waals surface area contributed by atoms with E-state index in [1.54, 1.807) is 0 Å². The topological polar surface area (TPSA) is 42.2 Å². The van der Waals surface area contributed by atoms with Crippen LogP contribution in [0.4, 0.5) is 5.82 Å². The van der Waals surface area contributed by atoms with Gasteiger partial charge in [-0.15, -0.1) is 0 Å². The minimum atomic E-state index is 0.435. The van der Waals surface area contributed by atoms with E-state index in [9.17, 15) is 0 Å². The van der Waals surface area contributed by atoms with Crippen molar-refractivity contribution in [1.82, 2.24) is 4.98 Å². The Labute approximate surface area is 102 Å². The summed E-state index contributed by atoms with van der Waals surface area (Å²) in [6.45, 7) is 3.28. The van der Waals surface area contributed by atoms with Crippen LogP contribution in [0.5, 0.6) is 0 Å². The maximum absolute atomic E-state index is 5.73. The highest BCUT2D eigenvalue weighted by Gasteiger charge is 2.26. The van der Waals surface area contributed by atoms with E-state index >= 15 is 0 Å². The number of anilines is 1. The molecule has 86 valence electrons. The third kappa shape index (κ3) is 2.02. The molecule has 0 spiro atoms. The van der Waals surface area contributed by atoms with Gasteiger partial charge in [0.2, 0.25) is 0 Å². The number of hydrogen-bond donors (Lipinski definition) is 1. The zero-order chi connectivity index (χ0) is 11.5. The Kier molecular flexibility index (Phi) is 3.39. The van der Waals surface area contributed by atoms with E-state index in [4.69, 9.17) is 18.0 Å². The Bertz CT molecular complexity index is 392. The van der Waals surface area contributed by atoms with Gasteiger partial charge in [0.25, 0.3) is 0 Å². The summed E-state index contributed by atoms with van der Waals surface area (Å²) in [4.78, 5) is 7.22. The smallest absolute Gasteiger partial charge is 0.139 e. The van der Waals surface area contributed by atoms with Crippen molar-refractivity contribution < 1.29 is 0 Å². The average molecular weight is 235 g/mol. The number of rotatable bonds is 3. The number of aromatic nitrogens is 1. The second-order valence-corrected chi connectivity index (χ2v) is 4.58. The molecule has 1 saturated heterocycles. The minimum Gasteiger partial charge on any atom is -0.389 e. The van der Waals surface area contributed by atoms with Crippen LogP contribution in [-0.2, 0) is 0 Å². The molecule has 0 aromatic carbocycles. The molecule has 0 amide bonds. The van der Waals surface area contributed by atoms with Crippen LogP contribution >= 0.6 is 12.2 Å². The van der Waals surface area contributed by atoms with Crippen LogP contribution in [0, 0.1) is 0 Å². The van der Waals surface area contributed by atoms with E-state index < -0.39 is 0 Å². The Balaban J connectivity index is 2.35. The maximum Gasteiger partial charge on any atom is 0.139 e. The monoisotopic (exact) mass is 235 g/mol. The lowest BCUT2D eigenvalue weighted by atomic mass is 10.1. The summed E-state index contributed by atoms with van der Waals surface area (Å²) < 4.78 is 0. The molecular formula is C12H17N3S. The Morgan fingerprint density at radius 3 is 3.19 bits per heavy atom. The van der Waals surface area contributed by atoms with Gasteiger partial charge in [-0.1, -0.05) is 19.1 Å². The first kappa shape index (κ1) is 11.3. The van der Waals surface area contributed by atoms with Crippen molar-refractivity contribution in [3.63, 3.8) is 0 Å². The van der Waals surface area contributed by atoms with Crippen LogP contribution in [0.25, 0.3) is 0 Å². The SMILES string of the molecule is CCC1CCCN1c1ncccc1C(N)=S. The summed E-state index contributed by atoms with van der Waals surface area (Å²) in [7, 11) is 0. The molecule has 16 heavy (non-hydrogen) atoms. The van der Waals surface area contributed by atoms with Crippen molar-refractivity contribution in [3.8, 4) is 0 Å². The summed E-state index contributed by atoms with van der Waals surface area (Å²) in [5.41, 5.74) is 6.63. The predicted octanol–water partition coefficient (Wildman–Crippen LogP) is 2.09. The highest BCUT2D eigenvalue weighted by Crippen LogP contribution is 2.28.